The first-order valence-corrected chi connectivity index (χ1v) is 7.29. The number of carboxylic acid groups (broad SMARTS) is 1. The zero-order chi connectivity index (χ0) is 14.5. The SMILES string of the molecule is CCNS(=O)(=O)CCNc1nc(C)cc(C(=O)O)n1. The molecule has 3 N–H and O–H groups in total. The minimum Gasteiger partial charge on any atom is -0.477 e. The van der Waals surface area contributed by atoms with Crippen molar-refractivity contribution in [2.75, 3.05) is 24.2 Å². The van der Waals surface area contributed by atoms with E-state index in [1.54, 1.807) is 13.8 Å². The number of hydrogen-bond donors (Lipinski definition) is 3. The van der Waals surface area contributed by atoms with Gasteiger partial charge in [-0.25, -0.2) is 27.9 Å². The first-order valence-electron chi connectivity index (χ1n) is 5.64. The molecular weight excluding hydrogens is 272 g/mol. The van der Waals surface area contributed by atoms with Crippen LogP contribution in [0.5, 0.6) is 0 Å². The Balaban J connectivity index is 2.66. The van der Waals surface area contributed by atoms with E-state index in [9.17, 15) is 13.2 Å². The van der Waals surface area contributed by atoms with Gasteiger partial charge in [-0.05, 0) is 13.0 Å². The van der Waals surface area contributed by atoms with Crippen LogP contribution in [0.4, 0.5) is 5.95 Å². The minimum absolute atomic E-state index is 0.0951. The van der Waals surface area contributed by atoms with Gasteiger partial charge in [0.1, 0.15) is 0 Å². The number of rotatable bonds is 7. The van der Waals surface area contributed by atoms with E-state index in [0.29, 0.717) is 12.2 Å². The Bertz CT molecular complexity index is 559. The predicted octanol–water partition coefficient (Wildman–Crippen LogP) is -0.166. The van der Waals surface area contributed by atoms with Gasteiger partial charge < -0.3 is 10.4 Å². The van der Waals surface area contributed by atoms with E-state index in [4.69, 9.17) is 5.11 Å². The van der Waals surface area contributed by atoms with E-state index < -0.39 is 16.0 Å². The summed E-state index contributed by atoms with van der Waals surface area (Å²) in [4.78, 5) is 18.5. The van der Waals surface area contributed by atoms with Gasteiger partial charge >= 0.3 is 5.97 Å². The summed E-state index contributed by atoms with van der Waals surface area (Å²) in [5.41, 5.74) is 0.356. The molecule has 0 bridgehead atoms. The molecular formula is C10H16N4O4S. The number of nitrogens with zero attached hydrogens (tertiary/aromatic N) is 2. The van der Waals surface area contributed by atoms with Crippen LogP contribution in [0.25, 0.3) is 0 Å². The third kappa shape index (κ3) is 5.18. The monoisotopic (exact) mass is 288 g/mol. The van der Waals surface area contributed by atoms with Gasteiger partial charge in [-0.3, -0.25) is 0 Å². The lowest BCUT2D eigenvalue weighted by atomic mass is 10.3. The second-order valence-corrected chi connectivity index (χ2v) is 5.69. The fraction of sp³-hybridized carbons (Fsp3) is 0.500. The second kappa shape index (κ2) is 6.43. The Labute approximate surface area is 111 Å². The highest BCUT2D eigenvalue weighted by molar-refractivity contribution is 7.89. The quantitative estimate of drug-likeness (QED) is 0.637. The zero-order valence-electron chi connectivity index (χ0n) is 10.7. The molecule has 9 heteroatoms. The van der Waals surface area contributed by atoms with Crippen LogP contribution < -0.4 is 10.0 Å². The van der Waals surface area contributed by atoms with Crippen LogP contribution in [0.1, 0.15) is 23.1 Å². The molecule has 0 aliphatic carbocycles. The van der Waals surface area contributed by atoms with Crippen LogP contribution in [0, 0.1) is 6.92 Å². The van der Waals surface area contributed by atoms with Gasteiger partial charge in [-0.15, -0.1) is 0 Å². The van der Waals surface area contributed by atoms with Gasteiger partial charge in [0, 0.05) is 18.8 Å². The van der Waals surface area contributed by atoms with Crippen molar-refractivity contribution < 1.29 is 18.3 Å². The van der Waals surface area contributed by atoms with Crippen LogP contribution >= 0.6 is 0 Å². The van der Waals surface area contributed by atoms with Gasteiger partial charge in [0.15, 0.2) is 5.69 Å². The lowest BCUT2D eigenvalue weighted by Gasteiger charge is -2.07. The van der Waals surface area contributed by atoms with E-state index in [-0.39, 0.29) is 23.9 Å². The van der Waals surface area contributed by atoms with E-state index in [2.05, 4.69) is 20.0 Å². The van der Waals surface area contributed by atoms with E-state index >= 15 is 0 Å². The first kappa shape index (κ1) is 15.3. The smallest absolute Gasteiger partial charge is 0.354 e. The summed E-state index contributed by atoms with van der Waals surface area (Å²) in [6.45, 7) is 3.74. The molecule has 0 aliphatic heterocycles. The van der Waals surface area contributed by atoms with Crippen molar-refractivity contribution in [3.8, 4) is 0 Å². The largest absolute Gasteiger partial charge is 0.477 e. The van der Waals surface area contributed by atoms with Crippen LogP contribution in [-0.4, -0.2) is 48.3 Å². The Kier molecular flexibility index (Phi) is 5.19. The number of nitrogens with one attached hydrogen (secondary N) is 2. The molecule has 0 atom stereocenters. The van der Waals surface area contributed by atoms with Gasteiger partial charge in [0.25, 0.3) is 0 Å². The second-order valence-electron chi connectivity index (χ2n) is 3.77. The summed E-state index contributed by atoms with van der Waals surface area (Å²) in [6.07, 6.45) is 0. The number of sulfonamides is 1. The van der Waals surface area contributed by atoms with E-state index in [1.807, 2.05) is 0 Å². The zero-order valence-corrected chi connectivity index (χ0v) is 11.5. The number of aromatic nitrogens is 2. The molecule has 8 nitrogen and oxygen atoms in total. The van der Waals surface area contributed by atoms with Crippen LogP contribution in [0.3, 0.4) is 0 Å². The predicted molar refractivity (Wildman–Crippen MR) is 69.7 cm³/mol. The highest BCUT2D eigenvalue weighted by atomic mass is 32.2. The Morgan fingerprint density at radius 2 is 2.11 bits per heavy atom. The standard InChI is InChI=1S/C10H16N4O4S/c1-3-12-19(17,18)5-4-11-10-13-7(2)6-8(14-10)9(15)16/h6,12H,3-5H2,1-2H3,(H,15,16)(H,11,13,14). The normalized spacial score (nSPS) is 11.3. The Hall–Kier alpha value is -1.74. The summed E-state index contributed by atoms with van der Waals surface area (Å²) < 4.78 is 25.1. The van der Waals surface area contributed by atoms with Crippen molar-refractivity contribution in [1.82, 2.24) is 14.7 Å². The number of anilines is 1. The fourth-order valence-corrected chi connectivity index (χ4v) is 2.30. The molecule has 0 saturated heterocycles. The third-order valence-electron chi connectivity index (χ3n) is 2.09. The van der Waals surface area contributed by atoms with Crippen molar-refractivity contribution in [3.63, 3.8) is 0 Å². The van der Waals surface area contributed by atoms with Crippen molar-refractivity contribution in [2.45, 2.75) is 13.8 Å². The molecule has 1 aromatic heterocycles. The van der Waals surface area contributed by atoms with Gasteiger partial charge in [0.2, 0.25) is 16.0 Å². The van der Waals surface area contributed by atoms with Crippen LogP contribution in [-0.2, 0) is 10.0 Å². The molecule has 0 spiro atoms. The maximum Gasteiger partial charge on any atom is 0.354 e. The molecule has 0 saturated carbocycles. The average Bonchev–Trinajstić information content (AvgIpc) is 2.27. The maximum absolute atomic E-state index is 11.4. The molecule has 1 rings (SSSR count). The van der Waals surface area contributed by atoms with Crippen LogP contribution in [0.15, 0.2) is 6.07 Å². The number of carboxylic acids is 1. The molecule has 0 aromatic carbocycles. The molecule has 19 heavy (non-hydrogen) atoms. The minimum atomic E-state index is -3.32. The molecule has 1 aromatic rings. The van der Waals surface area contributed by atoms with E-state index in [1.165, 1.54) is 6.07 Å². The first-order chi connectivity index (χ1) is 8.84. The highest BCUT2D eigenvalue weighted by Crippen LogP contribution is 2.04. The van der Waals surface area contributed by atoms with Crippen molar-refractivity contribution in [3.05, 3.63) is 17.5 Å². The lowest BCUT2D eigenvalue weighted by Crippen LogP contribution is -2.29. The van der Waals surface area contributed by atoms with Crippen molar-refractivity contribution >= 4 is 21.9 Å². The highest BCUT2D eigenvalue weighted by Gasteiger charge is 2.10. The number of hydrogen-bond acceptors (Lipinski definition) is 6. The molecule has 0 unspecified atom stereocenters. The summed E-state index contributed by atoms with van der Waals surface area (Å²) in [6, 6.07) is 1.34. The molecule has 0 radical (unpaired) electrons. The topological polar surface area (TPSA) is 121 Å². The Morgan fingerprint density at radius 1 is 1.42 bits per heavy atom. The van der Waals surface area contributed by atoms with E-state index in [0.717, 1.165) is 0 Å². The van der Waals surface area contributed by atoms with Crippen molar-refractivity contribution in [2.24, 2.45) is 0 Å². The summed E-state index contributed by atoms with van der Waals surface area (Å²) in [5.74, 6) is -1.20. The average molecular weight is 288 g/mol. The third-order valence-corrected chi connectivity index (χ3v) is 3.56. The molecule has 0 fully saturated rings. The van der Waals surface area contributed by atoms with Gasteiger partial charge in [-0.1, -0.05) is 6.92 Å². The summed E-state index contributed by atoms with van der Waals surface area (Å²) >= 11 is 0. The molecule has 1 heterocycles. The molecule has 0 amide bonds. The van der Waals surface area contributed by atoms with Gasteiger partial charge in [0.05, 0.1) is 5.75 Å². The van der Waals surface area contributed by atoms with Crippen molar-refractivity contribution in [1.29, 1.82) is 0 Å². The molecule has 0 aliphatic rings. The number of carbonyl (C=O) groups is 1. The fourth-order valence-electron chi connectivity index (χ4n) is 1.35. The number of aryl methyl sites for hydroxylation is 1. The summed E-state index contributed by atoms with van der Waals surface area (Å²) in [5, 5.41) is 11.5. The Morgan fingerprint density at radius 3 is 2.68 bits per heavy atom. The lowest BCUT2D eigenvalue weighted by molar-refractivity contribution is 0.0690. The van der Waals surface area contributed by atoms with Gasteiger partial charge in [-0.2, -0.15) is 0 Å². The molecule has 106 valence electrons. The number of aromatic carboxylic acids is 1. The van der Waals surface area contributed by atoms with Crippen LogP contribution in [0.2, 0.25) is 0 Å². The summed E-state index contributed by atoms with van der Waals surface area (Å²) in [7, 11) is -3.32. The maximum atomic E-state index is 11.4.